The number of nitrogens with two attached hydrogens (primary N) is 1. The minimum absolute atomic E-state index is 0. The number of amides is 1. The molecule has 0 spiro atoms. The van der Waals surface area contributed by atoms with Gasteiger partial charge in [0.15, 0.2) is 0 Å². The summed E-state index contributed by atoms with van der Waals surface area (Å²) in [6.07, 6.45) is 4.05. The molecule has 1 aliphatic rings. The standard InChI is InChI=1S/C16H24N2O.ClH/c1-12(2)13-6-5-7-14(10-13)18-15(19)16(11-17)8-3-4-9-16;/h5-7,10,12H,3-4,8-9,11,17H2,1-2H3,(H,18,19);1H. The van der Waals surface area contributed by atoms with Crippen molar-refractivity contribution in [2.45, 2.75) is 45.4 Å². The Morgan fingerprint density at radius 2 is 2.00 bits per heavy atom. The number of halogens is 1. The van der Waals surface area contributed by atoms with Crippen LogP contribution in [0.2, 0.25) is 0 Å². The van der Waals surface area contributed by atoms with E-state index in [0.29, 0.717) is 12.5 Å². The van der Waals surface area contributed by atoms with Crippen molar-refractivity contribution in [1.82, 2.24) is 0 Å². The number of nitrogens with one attached hydrogen (secondary N) is 1. The molecule has 0 unspecified atom stereocenters. The fourth-order valence-corrected chi connectivity index (χ4v) is 2.81. The highest BCUT2D eigenvalue weighted by atomic mass is 35.5. The highest BCUT2D eigenvalue weighted by Crippen LogP contribution is 2.38. The van der Waals surface area contributed by atoms with Gasteiger partial charge in [0.25, 0.3) is 0 Å². The van der Waals surface area contributed by atoms with Crippen LogP contribution in [0.5, 0.6) is 0 Å². The Kier molecular flexibility index (Phi) is 6.03. The molecule has 0 radical (unpaired) electrons. The number of anilines is 1. The smallest absolute Gasteiger partial charge is 0.231 e. The number of benzene rings is 1. The Bertz CT molecular complexity index is 454. The summed E-state index contributed by atoms with van der Waals surface area (Å²) in [5, 5.41) is 3.05. The molecule has 3 N–H and O–H groups in total. The third kappa shape index (κ3) is 3.53. The molecule has 1 amide bonds. The van der Waals surface area contributed by atoms with Crippen molar-refractivity contribution < 1.29 is 4.79 Å². The second-order valence-corrected chi connectivity index (χ2v) is 5.93. The summed E-state index contributed by atoms with van der Waals surface area (Å²) in [4.78, 5) is 12.5. The molecule has 0 saturated heterocycles. The van der Waals surface area contributed by atoms with Crippen molar-refractivity contribution in [3.63, 3.8) is 0 Å². The van der Waals surface area contributed by atoms with E-state index in [9.17, 15) is 4.79 Å². The van der Waals surface area contributed by atoms with Gasteiger partial charge in [-0.3, -0.25) is 4.79 Å². The van der Waals surface area contributed by atoms with Crippen LogP contribution < -0.4 is 11.1 Å². The van der Waals surface area contributed by atoms with Gasteiger partial charge < -0.3 is 11.1 Å². The van der Waals surface area contributed by atoms with E-state index in [1.165, 1.54) is 5.56 Å². The zero-order valence-electron chi connectivity index (χ0n) is 12.3. The van der Waals surface area contributed by atoms with Gasteiger partial charge in [-0.1, -0.05) is 38.8 Å². The minimum atomic E-state index is -0.339. The summed E-state index contributed by atoms with van der Waals surface area (Å²) in [6, 6.07) is 8.09. The number of hydrogen-bond acceptors (Lipinski definition) is 2. The lowest BCUT2D eigenvalue weighted by Gasteiger charge is -2.25. The molecule has 1 fully saturated rings. The lowest BCUT2D eigenvalue weighted by atomic mass is 9.85. The first kappa shape index (κ1) is 17.0. The second-order valence-electron chi connectivity index (χ2n) is 5.93. The van der Waals surface area contributed by atoms with E-state index in [4.69, 9.17) is 5.73 Å². The van der Waals surface area contributed by atoms with E-state index in [2.05, 4.69) is 31.3 Å². The summed E-state index contributed by atoms with van der Waals surface area (Å²) in [7, 11) is 0. The molecule has 0 atom stereocenters. The van der Waals surface area contributed by atoms with Crippen LogP contribution in [-0.4, -0.2) is 12.5 Å². The third-order valence-corrected chi connectivity index (χ3v) is 4.24. The topological polar surface area (TPSA) is 55.1 Å². The fourth-order valence-electron chi connectivity index (χ4n) is 2.81. The highest BCUT2D eigenvalue weighted by Gasteiger charge is 2.39. The van der Waals surface area contributed by atoms with Crippen molar-refractivity contribution in [3.05, 3.63) is 29.8 Å². The largest absolute Gasteiger partial charge is 0.329 e. The van der Waals surface area contributed by atoms with Crippen molar-refractivity contribution >= 4 is 24.0 Å². The number of hydrogen-bond donors (Lipinski definition) is 2. The van der Waals surface area contributed by atoms with Gasteiger partial charge in [-0.15, -0.1) is 12.4 Å². The summed E-state index contributed by atoms with van der Waals surface area (Å²) in [6.45, 7) is 4.75. The van der Waals surface area contributed by atoms with E-state index in [0.717, 1.165) is 31.4 Å². The summed E-state index contributed by atoms with van der Waals surface area (Å²) in [5.74, 6) is 0.556. The van der Waals surface area contributed by atoms with Gasteiger partial charge in [-0.25, -0.2) is 0 Å². The van der Waals surface area contributed by atoms with Crippen molar-refractivity contribution in [2.24, 2.45) is 11.1 Å². The Balaban J connectivity index is 0.00000200. The van der Waals surface area contributed by atoms with E-state index >= 15 is 0 Å². The molecule has 0 aliphatic heterocycles. The molecule has 0 heterocycles. The average Bonchev–Trinajstić information content (AvgIpc) is 2.89. The Labute approximate surface area is 127 Å². The van der Waals surface area contributed by atoms with Crippen molar-refractivity contribution in [1.29, 1.82) is 0 Å². The molecule has 1 aliphatic carbocycles. The number of rotatable bonds is 4. The molecule has 2 rings (SSSR count). The average molecular weight is 297 g/mol. The lowest BCUT2D eigenvalue weighted by Crippen LogP contribution is -2.40. The predicted octanol–water partition coefficient (Wildman–Crippen LogP) is 3.69. The van der Waals surface area contributed by atoms with Gasteiger partial charge in [0.2, 0.25) is 5.91 Å². The van der Waals surface area contributed by atoms with Crippen molar-refractivity contribution in [3.8, 4) is 0 Å². The van der Waals surface area contributed by atoms with Gasteiger partial charge in [-0.05, 0) is 36.5 Å². The fraction of sp³-hybridized carbons (Fsp3) is 0.562. The Morgan fingerprint density at radius 1 is 1.35 bits per heavy atom. The molecular formula is C16H25ClN2O. The van der Waals surface area contributed by atoms with Gasteiger partial charge in [-0.2, -0.15) is 0 Å². The SMILES string of the molecule is CC(C)c1cccc(NC(=O)C2(CN)CCCC2)c1.Cl. The van der Waals surface area contributed by atoms with E-state index in [1.807, 2.05) is 12.1 Å². The van der Waals surface area contributed by atoms with E-state index < -0.39 is 0 Å². The third-order valence-electron chi connectivity index (χ3n) is 4.24. The van der Waals surface area contributed by atoms with E-state index in [-0.39, 0.29) is 23.7 Å². The summed E-state index contributed by atoms with van der Waals surface area (Å²) < 4.78 is 0. The molecule has 112 valence electrons. The first-order valence-corrected chi connectivity index (χ1v) is 7.19. The van der Waals surface area contributed by atoms with Crippen LogP contribution in [0.25, 0.3) is 0 Å². The summed E-state index contributed by atoms with van der Waals surface area (Å²) >= 11 is 0. The maximum absolute atomic E-state index is 12.5. The Hall–Kier alpha value is -1.06. The molecule has 0 aromatic heterocycles. The zero-order valence-corrected chi connectivity index (χ0v) is 13.1. The second kappa shape index (κ2) is 7.09. The monoisotopic (exact) mass is 296 g/mol. The predicted molar refractivity (Wildman–Crippen MR) is 86.4 cm³/mol. The maximum atomic E-state index is 12.5. The maximum Gasteiger partial charge on any atom is 0.231 e. The molecule has 3 nitrogen and oxygen atoms in total. The minimum Gasteiger partial charge on any atom is -0.329 e. The van der Waals surface area contributed by atoms with Crippen LogP contribution in [-0.2, 0) is 4.79 Å². The van der Waals surface area contributed by atoms with Gasteiger partial charge in [0, 0.05) is 12.2 Å². The van der Waals surface area contributed by atoms with Gasteiger partial charge >= 0.3 is 0 Å². The quantitative estimate of drug-likeness (QED) is 0.890. The number of carbonyl (C=O) groups excluding carboxylic acids is 1. The van der Waals surface area contributed by atoms with Crippen molar-refractivity contribution in [2.75, 3.05) is 11.9 Å². The molecule has 1 aromatic rings. The molecular weight excluding hydrogens is 272 g/mol. The zero-order chi connectivity index (χ0) is 13.9. The van der Waals surface area contributed by atoms with Crippen LogP contribution in [0.15, 0.2) is 24.3 Å². The lowest BCUT2D eigenvalue weighted by molar-refractivity contribution is -0.124. The highest BCUT2D eigenvalue weighted by molar-refractivity contribution is 5.95. The molecule has 0 bridgehead atoms. The Morgan fingerprint density at radius 3 is 2.55 bits per heavy atom. The molecule has 20 heavy (non-hydrogen) atoms. The van der Waals surface area contributed by atoms with Crippen LogP contribution >= 0.6 is 12.4 Å². The summed E-state index contributed by atoms with van der Waals surface area (Å²) in [5.41, 5.74) is 7.63. The molecule has 1 aromatic carbocycles. The van der Waals surface area contributed by atoms with Crippen LogP contribution in [0.4, 0.5) is 5.69 Å². The van der Waals surface area contributed by atoms with Gasteiger partial charge in [0.1, 0.15) is 0 Å². The molecule has 4 heteroatoms. The first-order valence-electron chi connectivity index (χ1n) is 7.19. The van der Waals surface area contributed by atoms with E-state index in [1.54, 1.807) is 0 Å². The van der Waals surface area contributed by atoms with Crippen LogP contribution in [0.3, 0.4) is 0 Å². The van der Waals surface area contributed by atoms with Crippen LogP contribution in [0.1, 0.15) is 51.0 Å². The normalized spacial score (nSPS) is 16.8. The number of carbonyl (C=O) groups is 1. The molecule has 1 saturated carbocycles. The first-order chi connectivity index (χ1) is 9.07. The van der Waals surface area contributed by atoms with Crippen LogP contribution in [0, 0.1) is 5.41 Å². The van der Waals surface area contributed by atoms with Gasteiger partial charge in [0.05, 0.1) is 5.41 Å².